The Balaban J connectivity index is 3.12. The maximum absolute atomic E-state index is 11.3. The molecule has 0 aromatic heterocycles. The second-order valence-electron chi connectivity index (χ2n) is 5.72. The maximum atomic E-state index is 11.3. The van der Waals surface area contributed by atoms with E-state index >= 15 is 0 Å². The van der Waals surface area contributed by atoms with E-state index in [9.17, 15) is 20.0 Å². The van der Waals surface area contributed by atoms with E-state index in [1.54, 1.807) is 6.07 Å². The van der Waals surface area contributed by atoms with Crippen LogP contribution in [0, 0.1) is 21.4 Å². The van der Waals surface area contributed by atoms with Crippen molar-refractivity contribution in [3.05, 3.63) is 33.9 Å². The Labute approximate surface area is 117 Å². The van der Waals surface area contributed by atoms with Gasteiger partial charge in [-0.05, 0) is 23.5 Å². The van der Waals surface area contributed by atoms with Crippen LogP contribution in [0.25, 0.3) is 0 Å². The van der Waals surface area contributed by atoms with Gasteiger partial charge in [0.15, 0.2) is 5.75 Å². The average molecular weight is 281 g/mol. The van der Waals surface area contributed by atoms with Gasteiger partial charge < -0.3 is 9.84 Å². The van der Waals surface area contributed by atoms with E-state index in [0.717, 1.165) is 0 Å². The molecule has 1 atom stereocenters. The number of ether oxygens (including phenoxy) is 1. The van der Waals surface area contributed by atoms with Crippen molar-refractivity contribution >= 4 is 11.7 Å². The van der Waals surface area contributed by atoms with E-state index in [4.69, 9.17) is 4.74 Å². The largest absolute Gasteiger partial charge is 0.490 e. The molecule has 6 heteroatoms. The molecule has 1 aromatic carbocycles. The molecule has 0 heterocycles. The van der Waals surface area contributed by atoms with Gasteiger partial charge in [-0.15, -0.1) is 0 Å². The van der Waals surface area contributed by atoms with Crippen LogP contribution in [0.4, 0.5) is 5.69 Å². The summed E-state index contributed by atoms with van der Waals surface area (Å²) in [5, 5.41) is 20.2. The summed E-state index contributed by atoms with van der Waals surface area (Å²) in [6, 6.07) is 4.53. The number of nitro groups is 1. The van der Waals surface area contributed by atoms with Gasteiger partial charge in [-0.1, -0.05) is 26.8 Å². The van der Waals surface area contributed by atoms with E-state index in [0.29, 0.717) is 5.56 Å². The van der Waals surface area contributed by atoms with Crippen molar-refractivity contribution in [2.75, 3.05) is 7.11 Å². The summed E-state index contributed by atoms with van der Waals surface area (Å²) in [5.74, 6) is -1.35. The van der Waals surface area contributed by atoms with Crippen molar-refractivity contribution in [2.24, 2.45) is 11.3 Å². The van der Waals surface area contributed by atoms with Crippen molar-refractivity contribution in [1.29, 1.82) is 0 Å². The van der Waals surface area contributed by atoms with Crippen LogP contribution in [0.15, 0.2) is 18.2 Å². The number of aliphatic carboxylic acids is 1. The van der Waals surface area contributed by atoms with Gasteiger partial charge in [-0.2, -0.15) is 0 Å². The third-order valence-electron chi connectivity index (χ3n) is 3.22. The van der Waals surface area contributed by atoms with Gasteiger partial charge in [0.25, 0.3) is 0 Å². The van der Waals surface area contributed by atoms with Gasteiger partial charge in [0.05, 0.1) is 18.0 Å². The average Bonchev–Trinajstić information content (AvgIpc) is 2.33. The molecule has 0 aliphatic rings. The number of benzene rings is 1. The van der Waals surface area contributed by atoms with Crippen LogP contribution in [0.3, 0.4) is 0 Å². The first kappa shape index (κ1) is 15.9. The number of rotatable bonds is 5. The fourth-order valence-electron chi connectivity index (χ4n) is 2.00. The normalized spacial score (nSPS) is 12.8. The number of carbonyl (C=O) groups is 1. The van der Waals surface area contributed by atoms with Gasteiger partial charge in [0.2, 0.25) is 0 Å². The summed E-state index contributed by atoms with van der Waals surface area (Å²) in [4.78, 5) is 21.8. The highest BCUT2D eigenvalue weighted by Crippen LogP contribution is 2.33. The molecule has 1 aromatic rings. The standard InChI is InChI=1S/C14H19NO5/c1-14(2,3)10(13(16)17)7-9-5-6-12(20-4)11(8-9)15(18)19/h5-6,8,10H,7H2,1-4H3,(H,16,17). The molecule has 0 aliphatic carbocycles. The third kappa shape index (κ3) is 3.69. The van der Waals surface area contributed by atoms with Gasteiger partial charge in [0.1, 0.15) is 0 Å². The lowest BCUT2D eigenvalue weighted by molar-refractivity contribution is -0.385. The zero-order chi connectivity index (χ0) is 15.5. The summed E-state index contributed by atoms with van der Waals surface area (Å²) in [7, 11) is 1.36. The molecule has 0 fully saturated rings. The smallest absolute Gasteiger partial charge is 0.311 e. The van der Waals surface area contributed by atoms with Gasteiger partial charge in [-0.3, -0.25) is 14.9 Å². The molecule has 0 aliphatic heterocycles. The molecule has 1 N–H and O–H groups in total. The fourth-order valence-corrected chi connectivity index (χ4v) is 2.00. The molecular weight excluding hydrogens is 262 g/mol. The lowest BCUT2D eigenvalue weighted by Gasteiger charge is -2.27. The van der Waals surface area contributed by atoms with E-state index in [1.807, 2.05) is 20.8 Å². The Morgan fingerprint density at radius 1 is 1.45 bits per heavy atom. The summed E-state index contributed by atoms with van der Waals surface area (Å²) < 4.78 is 4.92. The predicted molar refractivity (Wildman–Crippen MR) is 73.9 cm³/mol. The minimum atomic E-state index is -0.907. The van der Waals surface area contributed by atoms with E-state index < -0.39 is 22.2 Å². The minimum absolute atomic E-state index is 0.150. The Kier molecular flexibility index (Phi) is 4.70. The maximum Gasteiger partial charge on any atom is 0.311 e. The zero-order valence-corrected chi connectivity index (χ0v) is 12.0. The summed E-state index contributed by atoms with van der Waals surface area (Å²) in [6.45, 7) is 5.51. The molecule has 0 bridgehead atoms. The van der Waals surface area contributed by atoms with Crippen LogP contribution < -0.4 is 4.74 Å². The molecule has 0 amide bonds. The van der Waals surface area contributed by atoms with Gasteiger partial charge >= 0.3 is 11.7 Å². The molecular formula is C14H19NO5. The molecule has 1 rings (SSSR count). The van der Waals surface area contributed by atoms with E-state index in [1.165, 1.54) is 19.2 Å². The van der Waals surface area contributed by atoms with E-state index in [-0.39, 0.29) is 17.9 Å². The van der Waals surface area contributed by atoms with Crippen LogP contribution in [-0.2, 0) is 11.2 Å². The highest BCUT2D eigenvalue weighted by molar-refractivity contribution is 5.71. The van der Waals surface area contributed by atoms with Crippen molar-refractivity contribution in [1.82, 2.24) is 0 Å². The lowest BCUT2D eigenvalue weighted by Crippen LogP contribution is -2.30. The first-order valence-electron chi connectivity index (χ1n) is 6.21. The molecule has 0 saturated carbocycles. The summed E-state index contributed by atoms with van der Waals surface area (Å²) in [6.07, 6.45) is 0.240. The number of nitrogens with zero attached hydrogens (tertiary/aromatic N) is 1. The van der Waals surface area contributed by atoms with Crippen molar-refractivity contribution < 1.29 is 19.6 Å². The number of hydrogen-bond donors (Lipinski definition) is 1. The number of methoxy groups -OCH3 is 1. The van der Waals surface area contributed by atoms with Crippen LogP contribution >= 0.6 is 0 Å². The highest BCUT2D eigenvalue weighted by Gasteiger charge is 2.31. The summed E-state index contributed by atoms with van der Waals surface area (Å²) >= 11 is 0. The lowest BCUT2D eigenvalue weighted by atomic mass is 9.77. The number of hydrogen-bond acceptors (Lipinski definition) is 4. The monoisotopic (exact) mass is 281 g/mol. The molecule has 0 saturated heterocycles. The second kappa shape index (κ2) is 5.90. The first-order valence-corrected chi connectivity index (χ1v) is 6.21. The van der Waals surface area contributed by atoms with Crippen LogP contribution in [-0.4, -0.2) is 23.1 Å². The van der Waals surface area contributed by atoms with Crippen molar-refractivity contribution in [3.63, 3.8) is 0 Å². The predicted octanol–water partition coefficient (Wildman–Crippen LogP) is 2.89. The number of carboxylic acids is 1. The zero-order valence-electron chi connectivity index (χ0n) is 12.0. The quantitative estimate of drug-likeness (QED) is 0.662. The van der Waals surface area contributed by atoms with Gasteiger partial charge in [0, 0.05) is 6.07 Å². The Morgan fingerprint density at radius 2 is 2.05 bits per heavy atom. The van der Waals surface area contributed by atoms with Crippen LogP contribution in [0.5, 0.6) is 5.75 Å². The second-order valence-corrected chi connectivity index (χ2v) is 5.72. The third-order valence-corrected chi connectivity index (χ3v) is 3.22. The number of carboxylic acid groups (broad SMARTS) is 1. The minimum Gasteiger partial charge on any atom is -0.490 e. The van der Waals surface area contributed by atoms with Crippen LogP contribution in [0.2, 0.25) is 0 Å². The molecule has 0 spiro atoms. The van der Waals surface area contributed by atoms with Crippen molar-refractivity contribution in [2.45, 2.75) is 27.2 Å². The summed E-state index contributed by atoms with van der Waals surface area (Å²) in [5.41, 5.74) is 0.0310. The topological polar surface area (TPSA) is 89.7 Å². The Morgan fingerprint density at radius 3 is 2.45 bits per heavy atom. The molecule has 6 nitrogen and oxygen atoms in total. The van der Waals surface area contributed by atoms with Crippen molar-refractivity contribution in [3.8, 4) is 5.75 Å². The first-order chi connectivity index (χ1) is 9.16. The Bertz CT molecular complexity index is 519. The molecule has 1 unspecified atom stereocenters. The fraction of sp³-hybridized carbons (Fsp3) is 0.500. The SMILES string of the molecule is COc1ccc(CC(C(=O)O)C(C)(C)C)cc1[N+](=O)[O-]. The molecule has 110 valence electrons. The van der Waals surface area contributed by atoms with Gasteiger partial charge in [-0.25, -0.2) is 0 Å². The molecule has 20 heavy (non-hydrogen) atoms. The highest BCUT2D eigenvalue weighted by atomic mass is 16.6. The van der Waals surface area contributed by atoms with E-state index in [2.05, 4.69) is 0 Å². The molecule has 0 radical (unpaired) electrons. The Hall–Kier alpha value is -2.11. The van der Waals surface area contributed by atoms with Crippen LogP contribution in [0.1, 0.15) is 26.3 Å². The number of nitro benzene ring substituents is 1.